The number of H-pyrrole nitrogens is 1. The summed E-state index contributed by atoms with van der Waals surface area (Å²) < 4.78 is 0. The molecule has 2 aromatic carbocycles. The number of aromatic nitrogens is 1. The van der Waals surface area contributed by atoms with Gasteiger partial charge in [-0.2, -0.15) is 0 Å². The lowest BCUT2D eigenvalue weighted by atomic mass is 9.91. The molecule has 144 valence electrons. The van der Waals surface area contributed by atoms with Gasteiger partial charge < -0.3 is 16.0 Å². The molecule has 0 radical (unpaired) electrons. The van der Waals surface area contributed by atoms with Crippen molar-refractivity contribution in [1.82, 2.24) is 10.3 Å². The molecule has 0 saturated heterocycles. The summed E-state index contributed by atoms with van der Waals surface area (Å²) in [6.07, 6.45) is 3.45. The molecule has 1 heterocycles. The number of fused-ring (bicyclic) bond motifs is 1. The van der Waals surface area contributed by atoms with E-state index in [1.165, 1.54) is 17.0 Å². The Morgan fingerprint density at radius 2 is 1.86 bits per heavy atom. The van der Waals surface area contributed by atoms with Crippen molar-refractivity contribution in [3.05, 3.63) is 65.4 Å². The fraction of sp³-hybridized carbons (Fsp3) is 0.217. The standard InChI is InChI=1S/C23H25N3O2/c1-13-10-20(17-5-6-21-18(12-17)7-8-25-21)14(2)9-19(13)15(3)11-22(27)26-16(4)23(24)28/h5-12,16,25H,1-4H3,(H2,24,28)(H,26,27)/b15-11+/t16-/m1/s1. The number of carbonyl (C=O) groups excluding carboxylic acids is 2. The molecular formula is C23H25N3O2. The van der Waals surface area contributed by atoms with Gasteiger partial charge in [-0.1, -0.05) is 18.2 Å². The number of aromatic amines is 1. The van der Waals surface area contributed by atoms with Crippen LogP contribution in [0, 0.1) is 13.8 Å². The summed E-state index contributed by atoms with van der Waals surface area (Å²) in [7, 11) is 0. The first kappa shape index (κ1) is 19.4. The van der Waals surface area contributed by atoms with E-state index in [4.69, 9.17) is 5.73 Å². The number of carbonyl (C=O) groups is 2. The number of benzene rings is 2. The molecule has 0 unspecified atom stereocenters. The molecule has 0 aliphatic rings. The van der Waals surface area contributed by atoms with Gasteiger partial charge in [0.25, 0.3) is 0 Å². The van der Waals surface area contributed by atoms with Crippen LogP contribution in [0.5, 0.6) is 0 Å². The van der Waals surface area contributed by atoms with E-state index in [0.29, 0.717) is 0 Å². The molecule has 3 aromatic rings. The van der Waals surface area contributed by atoms with Crippen molar-refractivity contribution in [2.24, 2.45) is 5.73 Å². The quantitative estimate of drug-likeness (QED) is 0.592. The van der Waals surface area contributed by atoms with Crippen LogP contribution in [0.2, 0.25) is 0 Å². The molecule has 4 N–H and O–H groups in total. The highest BCUT2D eigenvalue weighted by Crippen LogP contribution is 2.31. The maximum atomic E-state index is 12.1. The lowest BCUT2D eigenvalue weighted by Crippen LogP contribution is -2.41. The Bertz CT molecular complexity index is 1090. The molecule has 0 aliphatic carbocycles. The highest BCUT2D eigenvalue weighted by molar-refractivity contribution is 5.98. The molecule has 5 heteroatoms. The summed E-state index contributed by atoms with van der Waals surface area (Å²) in [6, 6.07) is 12.0. The maximum absolute atomic E-state index is 12.1. The second-order valence-electron chi connectivity index (χ2n) is 7.22. The monoisotopic (exact) mass is 375 g/mol. The van der Waals surface area contributed by atoms with Crippen LogP contribution in [0.4, 0.5) is 0 Å². The Hall–Kier alpha value is -3.34. The van der Waals surface area contributed by atoms with E-state index in [0.717, 1.165) is 33.3 Å². The van der Waals surface area contributed by atoms with Crippen molar-refractivity contribution in [1.29, 1.82) is 0 Å². The molecule has 1 aromatic heterocycles. The van der Waals surface area contributed by atoms with Crippen LogP contribution in [-0.2, 0) is 9.59 Å². The third-order valence-electron chi connectivity index (χ3n) is 4.99. The Morgan fingerprint density at radius 1 is 1.11 bits per heavy atom. The minimum absolute atomic E-state index is 0.331. The predicted octanol–water partition coefficient (Wildman–Crippen LogP) is 3.85. The summed E-state index contributed by atoms with van der Waals surface area (Å²) in [5.74, 6) is -0.891. The molecule has 0 aliphatic heterocycles. The lowest BCUT2D eigenvalue weighted by molar-refractivity contribution is -0.124. The Labute approximate surface area is 164 Å². The Kier molecular flexibility index (Phi) is 5.36. The first-order valence-electron chi connectivity index (χ1n) is 9.23. The van der Waals surface area contributed by atoms with Crippen LogP contribution < -0.4 is 11.1 Å². The van der Waals surface area contributed by atoms with Crippen molar-refractivity contribution in [2.45, 2.75) is 33.7 Å². The van der Waals surface area contributed by atoms with Gasteiger partial charge >= 0.3 is 0 Å². The zero-order valence-corrected chi connectivity index (χ0v) is 16.6. The van der Waals surface area contributed by atoms with E-state index in [-0.39, 0.29) is 5.91 Å². The SMILES string of the molecule is C/C(=C\C(=O)N[C@H](C)C(N)=O)c1cc(C)c(-c2ccc3[nH]ccc3c2)cc1C. The molecule has 2 amide bonds. The van der Waals surface area contributed by atoms with Gasteiger partial charge in [0.1, 0.15) is 6.04 Å². The van der Waals surface area contributed by atoms with Gasteiger partial charge in [-0.25, -0.2) is 0 Å². The van der Waals surface area contributed by atoms with Gasteiger partial charge in [-0.05, 0) is 84.7 Å². The number of hydrogen-bond acceptors (Lipinski definition) is 2. The number of allylic oxidation sites excluding steroid dienone is 1. The summed E-state index contributed by atoms with van der Waals surface area (Å²) in [5.41, 5.74) is 12.7. The van der Waals surface area contributed by atoms with E-state index < -0.39 is 11.9 Å². The Balaban J connectivity index is 1.91. The van der Waals surface area contributed by atoms with Crippen molar-refractivity contribution in [2.75, 3.05) is 0 Å². The zero-order valence-electron chi connectivity index (χ0n) is 16.6. The van der Waals surface area contributed by atoms with Crippen LogP contribution in [0.1, 0.15) is 30.5 Å². The average molecular weight is 375 g/mol. The first-order valence-corrected chi connectivity index (χ1v) is 9.23. The van der Waals surface area contributed by atoms with Gasteiger partial charge in [0.2, 0.25) is 11.8 Å². The largest absolute Gasteiger partial charge is 0.368 e. The van der Waals surface area contributed by atoms with Gasteiger partial charge in [0.15, 0.2) is 0 Å². The van der Waals surface area contributed by atoms with Crippen molar-refractivity contribution in [3.63, 3.8) is 0 Å². The van der Waals surface area contributed by atoms with Gasteiger partial charge in [-0.3, -0.25) is 9.59 Å². The van der Waals surface area contributed by atoms with E-state index in [9.17, 15) is 9.59 Å². The second kappa shape index (κ2) is 7.72. The summed E-state index contributed by atoms with van der Waals surface area (Å²) in [5, 5.41) is 3.75. The number of primary amides is 1. The summed E-state index contributed by atoms with van der Waals surface area (Å²) in [4.78, 5) is 26.5. The second-order valence-corrected chi connectivity index (χ2v) is 7.22. The third kappa shape index (κ3) is 3.98. The van der Waals surface area contributed by atoms with Gasteiger partial charge in [-0.15, -0.1) is 0 Å². The number of hydrogen-bond donors (Lipinski definition) is 3. The minimum Gasteiger partial charge on any atom is -0.368 e. The number of nitrogens with two attached hydrogens (primary N) is 1. The van der Waals surface area contributed by atoms with Crippen LogP contribution in [0.25, 0.3) is 27.6 Å². The van der Waals surface area contributed by atoms with Crippen molar-refractivity contribution < 1.29 is 9.59 Å². The van der Waals surface area contributed by atoms with E-state index >= 15 is 0 Å². The molecule has 0 spiro atoms. The van der Waals surface area contributed by atoms with Crippen molar-refractivity contribution in [3.8, 4) is 11.1 Å². The number of rotatable bonds is 5. The lowest BCUT2D eigenvalue weighted by Gasteiger charge is -2.14. The molecule has 28 heavy (non-hydrogen) atoms. The maximum Gasteiger partial charge on any atom is 0.244 e. The topological polar surface area (TPSA) is 88.0 Å². The highest BCUT2D eigenvalue weighted by Gasteiger charge is 2.13. The smallest absolute Gasteiger partial charge is 0.244 e. The van der Waals surface area contributed by atoms with Gasteiger partial charge in [0, 0.05) is 17.8 Å². The molecular weight excluding hydrogens is 350 g/mol. The van der Waals surface area contributed by atoms with E-state index in [2.05, 4.69) is 53.6 Å². The number of aryl methyl sites for hydroxylation is 2. The number of amides is 2. The summed E-state index contributed by atoms with van der Waals surface area (Å²) >= 11 is 0. The van der Waals surface area contributed by atoms with Crippen LogP contribution in [-0.4, -0.2) is 22.8 Å². The van der Waals surface area contributed by atoms with Gasteiger partial charge in [0.05, 0.1) is 0 Å². The first-order chi connectivity index (χ1) is 13.3. The average Bonchev–Trinajstić information content (AvgIpc) is 3.10. The normalized spacial score (nSPS) is 12.8. The fourth-order valence-electron chi connectivity index (χ4n) is 3.37. The molecule has 1 atom stereocenters. The zero-order chi connectivity index (χ0) is 20.4. The van der Waals surface area contributed by atoms with E-state index in [1.54, 1.807) is 6.92 Å². The highest BCUT2D eigenvalue weighted by atomic mass is 16.2. The predicted molar refractivity (Wildman–Crippen MR) is 114 cm³/mol. The molecule has 0 saturated carbocycles. The molecule has 0 fully saturated rings. The minimum atomic E-state index is -0.704. The van der Waals surface area contributed by atoms with Crippen LogP contribution >= 0.6 is 0 Å². The molecule has 0 bridgehead atoms. The number of nitrogens with one attached hydrogen (secondary N) is 2. The Morgan fingerprint density at radius 3 is 2.57 bits per heavy atom. The molecule has 3 rings (SSSR count). The third-order valence-corrected chi connectivity index (χ3v) is 4.99. The van der Waals surface area contributed by atoms with Crippen LogP contribution in [0.15, 0.2) is 48.7 Å². The van der Waals surface area contributed by atoms with Crippen LogP contribution in [0.3, 0.4) is 0 Å². The van der Waals surface area contributed by atoms with E-state index in [1.807, 2.05) is 20.0 Å². The van der Waals surface area contributed by atoms with Crippen molar-refractivity contribution >= 4 is 28.3 Å². The fourth-order valence-corrected chi connectivity index (χ4v) is 3.37. The molecule has 5 nitrogen and oxygen atoms in total. The summed E-state index contributed by atoms with van der Waals surface area (Å²) in [6.45, 7) is 7.56.